The molecular weight excluding hydrogens is 228 g/mol. The van der Waals surface area contributed by atoms with E-state index in [9.17, 15) is 4.79 Å². The number of carbonyl (C=O) groups is 1. The molecule has 8 nitrogen and oxygen atoms in total. The lowest BCUT2D eigenvalue weighted by Gasteiger charge is -2.03. The van der Waals surface area contributed by atoms with Gasteiger partial charge in [0.2, 0.25) is 0 Å². The minimum Gasteiger partial charge on any atom is -0.480 e. The van der Waals surface area contributed by atoms with Crippen LogP contribution >= 0.6 is 0 Å². The van der Waals surface area contributed by atoms with Crippen molar-refractivity contribution in [3.05, 3.63) is 0 Å². The largest absolute Gasteiger partial charge is 0.480 e. The van der Waals surface area contributed by atoms with Crippen LogP contribution in [0.15, 0.2) is 0 Å². The van der Waals surface area contributed by atoms with Gasteiger partial charge in [-0.25, -0.2) is 0 Å². The number of rotatable bonds is 5. The van der Waals surface area contributed by atoms with Crippen LogP contribution in [0.1, 0.15) is 19.3 Å². The van der Waals surface area contributed by atoms with Crippen LogP contribution in [0.4, 0.5) is 0 Å². The minimum atomic E-state index is -4.67. The summed E-state index contributed by atoms with van der Waals surface area (Å²) >= 11 is 0. The molecule has 0 radical (unpaired) electrons. The second-order valence-electron chi connectivity index (χ2n) is 2.68. The summed E-state index contributed by atoms with van der Waals surface area (Å²) in [5.41, 5.74) is 10.4. The average molecular weight is 244 g/mol. The molecule has 0 aliphatic heterocycles. The van der Waals surface area contributed by atoms with Gasteiger partial charge in [0.05, 0.1) is 0 Å². The summed E-state index contributed by atoms with van der Waals surface area (Å²) in [4.78, 5) is 10.1. The third-order valence-corrected chi connectivity index (χ3v) is 1.29. The zero-order valence-corrected chi connectivity index (χ0v) is 8.85. The smallest absolute Gasteiger partial charge is 0.394 e. The third-order valence-electron chi connectivity index (χ3n) is 1.29. The lowest BCUT2D eigenvalue weighted by molar-refractivity contribution is -0.138. The van der Waals surface area contributed by atoms with E-state index in [1.807, 2.05) is 0 Å². The summed E-state index contributed by atoms with van der Waals surface area (Å²) in [6, 6.07) is -0.716. The Bertz CT molecular complexity index is 257. The van der Waals surface area contributed by atoms with Crippen LogP contribution in [0.3, 0.4) is 0 Å². The topological polar surface area (TPSA) is 164 Å². The second kappa shape index (κ2) is 8.56. The van der Waals surface area contributed by atoms with Gasteiger partial charge in [-0.1, -0.05) is 6.42 Å². The predicted molar refractivity (Wildman–Crippen MR) is 52.7 cm³/mol. The van der Waals surface area contributed by atoms with Crippen molar-refractivity contribution in [2.45, 2.75) is 25.3 Å². The predicted octanol–water partition coefficient (Wildman–Crippen LogP) is -1.13. The monoisotopic (exact) mass is 244 g/mol. The highest BCUT2D eigenvalue weighted by molar-refractivity contribution is 7.79. The summed E-state index contributed by atoms with van der Waals surface area (Å²) < 4.78 is 31.6. The van der Waals surface area contributed by atoms with Gasteiger partial charge >= 0.3 is 16.4 Å². The highest BCUT2D eigenvalue weighted by Crippen LogP contribution is 1.96. The van der Waals surface area contributed by atoms with Gasteiger partial charge in [0.15, 0.2) is 0 Å². The van der Waals surface area contributed by atoms with E-state index in [1.54, 1.807) is 0 Å². The van der Waals surface area contributed by atoms with Gasteiger partial charge in [0.25, 0.3) is 0 Å². The van der Waals surface area contributed by atoms with Crippen molar-refractivity contribution in [2.75, 3.05) is 6.54 Å². The van der Waals surface area contributed by atoms with Gasteiger partial charge < -0.3 is 16.6 Å². The number of aliphatic carboxylic acids is 1. The molecule has 0 rings (SSSR count). The van der Waals surface area contributed by atoms with Gasteiger partial charge in [-0.2, -0.15) is 8.42 Å². The molecule has 0 saturated carbocycles. The van der Waals surface area contributed by atoms with Gasteiger partial charge in [-0.3, -0.25) is 13.9 Å². The Hall–Kier alpha value is -0.740. The summed E-state index contributed by atoms with van der Waals surface area (Å²) in [5.74, 6) is -0.933. The van der Waals surface area contributed by atoms with E-state index in [0.717, 1.165) is 12.8 Å². The zero-order chi connectivity index (χ0) is 12.5. The SMILES string of the molecule is NCCCCC(N)C(=O)O.O=S(=O)(O)O. The lowest BCUT2D eigenvalue weighted by atomic mass is 10.1. The fourth-order valence-electron chi connectivity index (χ4n) is 0.632. The first-order valence-corrected chi connectivity index (χ1v) is 5.46. The summed E-state index contributed by atoms with van der Waals surface area (Å²) in [6.45, 7) is 0.604. The maximum atomic E-state index is 10.1. The van der Waals surface area contributed by atoms with E-state index in [2.05, 4.69) is 0 Å². The highest BCUT2D eigenvalue weighted by atomic mass is 32.3. The first kappa shape index (κ1) is 16.7. The molecule has 0 aromatic heterocycles. The molecule has 92 valence electrons. The maximum Gasteiger partial charge on any atom is 0.394 e. The molecule has 1 unspecified atom stereocenters. The average Bonchev–Trinajstić information content (AvgIpc) is 2.01. The van der Waals surface area contributed by atoms with Crippen molar-refractivity contribution in [1.82, 2.24) is 0 Å². The molecule has 0 heterocycles. The minimum absolute atomic E-state index is 0.520. The lowest BCUT2D eigenvalue weighted by Crippen LogP contribution is -2.29. The Morgan fingerprint density at radius 2 is 1.67 bits per heavy atom. The fourth-order valence-corrected chi connectivity index (χ4v) is 0.632. The Kier molecular flexibility index (Phi) is 9.52. The molecule has 0 aromatic carbocycles. The quantitative estimate of drug-likeness (QED) is 0.299. The van der Waals surface area contributed by atoms with Crippen LogP contribution in [0.5, 0.6) is 0 Å². The number of nitrogens with two attached hydrogens (primary N) is 2. The molecule has 0 aliphatic carbocycles. The standard InChI is InChI=1S/C6H14N2O2.H2O4S/c7-4-2-1-3-5(8)6(9)10;1-5(2,3)4/h5H,1-4,7-8H2,(H,9,10);(H2,1,2,3,4). The molecule has 0 bridgehead atoms. The van der Waals surface area contributed by atoms with Crippen molar-refractivity contribution in [1.29, 1.82) is 0 Å². The van der Waals surface area contributed by atoms with Crippen LogP contribution in [0.25, 0.3) is 0 Å². The number of hydrogen-bond donors (Lipinski definition) is 5. The number of hydrogen-bond acceptors (Lipinski definition) is 5. The Morgan fingerprint density at radius 3 is 1.93 bits per heavy atom. The van der Waals surface area contributed by atoms with Crippen molar-refractivity contribution in [3.8, 4) is 0 Å². The zero-order valence-electron chi connectivity index (χ0n) is 8.04. The van der Waals surface area contributed by atoms with Crippen molar-refractivity contribution < 1.29 is 27.4 Å². The molecule has 0 fully saturated rings. The molecule has 0 saturated heterocycles. The van der Waals surface area contributed by atoms with E-state index in [4.69, 9.17) is 34.1 Å². The van der Waals surface area contributed by atoms with Gasteiger partial charge in [0, 0.05) is 0 Å². The summed E-state index contributed by atoms with van der Waals surface area (Å²) in [7, 11) is -4.67. The fraction of sp³-hybridized carbons (Fsp3) is 0.833. The van der Waals surface area contributed by atoms with Gasteiger partial charge in [-0.05, 0) is 19.4 Å². The Balaban J connectivity index is 0. The first-order valence-electron chi connectivity index (χ1n) is 4.06. The van der Waals surface area contributed by atoms with Crippen molar-refractivity contribution >= 4 is 16.4 Å². The molecule has 1 atom stereocenters. The van der Waals surface area contributed by atoms with E-state index < -0.39 is 22.4 Å². The van der Waals surface area contributed by atoms with Crippen molar-refractivity contribution in [2.24, 2.45) is 11.5 Å². The van der Waals surface area contributed by atoms with Crippen LogP contribution in [0, 0.1) is 0 Å². The van der Waals surface area contributed by atoms with E-state index in [1.165, 1.54) is 0 Å². The van der Waals surface area contributed by atoms with E-state index in [0.29, 0.717) is 13.0 Å². The second-order valence-corrected chi connectivity index (χ2v) is 3.57. The number of unbranched alkanes of at least 4 members (excludes halogenated alkanes) is 1. The molecule has 7 N–H and O–H groups in total. The molecule has 9 heteroatoms. The normalized spacial score (nSPS) is 12.5. The van der Waals surface area contributed by atoms with Gasteiger partial charge in [-0.15, -0.1) is 0 Å². The number of carboxylic acid groups (broad SMARTS) is 1. The van der Waals surface area contributed by atoms with Crippen LogP contribution in [-0.2, 0) is 15.2 Å². The Morgan fingerprint density at radius 1 is 1.27 bits per heavy atom. The van der Waals surface area contributed by atoms with Crippen LogP contribution in [0.2, 0.25) is 0 Å². The Labute approximate surface area is 87.8 Å². The number of carboxylic acids is 1. The molecule has 0 amide bonds. The molecule has 0 aliphatic rings. The first-order chi connectivity index (χ1) is 6.68. The molecule has 0 aromatic rings. The third kappa shape index (κ3) is 24.6. The van der Waals surface area contributed by atoms with Crippen LogP contribution < -0.4 is 11.5 Å². The molecule has 0 spiro atoms. The van der Waals surface area contributed by atoms with Crippen molar-refractivity contribution in [3.63, 3.8) is 0 Å². The van der Waals surface area contributed by atoms with E-state index in [-0.39, 0.29) is 0 Å². The van der Waals surface area contributed by atoms with Crippen LogP contribution in [-0.4, -0.2) is 41.2 Å². The summed E-state index contributed by atoms with van der Waals surface area (Å²) in [6.07, 6.45) is 2.16. The summed E-state index contributed by atoms with van der Waals surface area (Å²) in [5, 5.41) is 8.33. The molecule has 15 heavy (non-hydrogen) atoms. The van der Waals surface area contributed by atoms with Gasteiger partial charge in [0.1, 0.15) is 6.04 Å². The maximum absolute atomic E-state index is 10.1. The van der Waals surface area contributed by atoms with E-state index >= 15 is 0 Å². The molecular formula is C6H16N2O6S. The highest BCUT2D eigenvalue weighted by Gasteiger charge is 2.09.